The number of benzene rings is 2. The fraction of sp³-hybridized carbons (Fsp3) is 0.143. The normalized spacial score (nSPS) is 18.3. The summed E-state index contributed by atoms with van der Waals surface area (Å²) in [5, 5.41) is 4.39. The van der Waals surface area contributed by atoms with Gasteiger partial charge in [-0.3, -0.25) is 0 Å². The molecule has 1 nitrogen and oxygen atoms in total. The van der Waals surface area contributed by atoms with Crippen molar-refractivity contribution >= 4 is 29.1 Å². The van der Waals surface area contributed by atoms with Gasteiger partial charge in [0.2, 0.25) is 0 Å². The Morgan fingerprint density at radius 3 is 2.71 bits per heavy atom. The summed E-state index contributed by atoms with van der Waals surface area (Å²) >= 11 is 8.11. The van der Waals surface area contributed by atoms with Crippen LogP contribution < -0.4 is 5.32 Å². The maximum absolute atomic E-state index is 6.24. The Morgan fingerprint density at radius 1 is 1.06 bits per heavy atom. The van der Waals surface area contributed by atoms with Crippen molar-refractivity contribution < 1.29 is 0 Å². The first-order chi connectivity index (χ1) is 8.34. The summed E-state index contributed by atoms with van der Waals surface area (Å²) in [6.07, 6.45) is 0. The van der Waals surface area contributed by atoms with Crippen LogP contribution in [-0.4, -0.2) is 5.75 Å². The molecule has 2 aromatic rings. The van der Waals surface area contributed by atoms with Crippen LogP contribution in [0.1, 0.15) is 11.6 Å². The Kier molecular flexibility index (Phi) is 3.00. The lowest BCUT2D eigenvalue weighted by Crippen LogP contribution is -2.17. The minimum atomic E-state index is 0.295. The van der Waals surface area contributed by atoms with Gasteiger partial charge in [-0.25, -0.2) is 0 Å². The summed E-state index contributed by atoms with van der Waals surface area (Å²) in [4.78, 5) is 1.32. The molecule has 0 aliphatic carbocycles. The highest BCUT2D eigenvalue weighted by Crippen LogP contribution is 2.39. The topological polar surface area (TPSA) is 12.0 Å². The van der Waals surface area contributed by atoms with E-state index in [-0.39, 0.29) is 0 Å². The second-order valence-electron chi connectivity index (χ2n) is 4.03. The van der Waals surface area contributed by atoms with Gasteiger partial charge in [0.15, 0.2) is 0 Å². The molecule has 0 spiro atoms. The molecule has 1 unspecified atom stereocenters. The van der Waals surface area contributed by atoms with Crippen molar-refractivity contribution in [2.45, 2.75) is 10.9 Å². The molecular formula is C14H12ClNS. The van der Waals surface area contributed by atoms with Crippen LogP contribution >= 0.6 is 23.4 Å². The van der Waals surface area contributed by atoms with Crippen molar-refractivity contribution in [3.05, 3.63) is 59.1 Å². The van der Waals surface area contributed by atoms with Crippen LogP contribution in [0.2, 0.25) is 5.02 Å². The molecule has 0 bridgehead atoms. The van der Waals surface area contributed by atoms with Crippen LogP contribution in [0.5, 0.6) is 0 Å². The molecule has 86 valence electrons. The predicted molar refractivity (Wildman–Crippen MR) is 75.0 cm³/mol. The Bertz CT molecular complexity index is 541. The lowest BCUT2D eigenvalue weighted by molar-refractivity contribution is 0.881. The fourth-order valence-corrected chi connectivity index (χ4v) is 3.37. The van der Waals surface area contributed by atoms with Gasteiger partial charge in [-0.15, -0.1) is 11.8 Å². The monoisotopic (exact) mass is 261 g/mol. The van der Waals surface area contributed by atoms with Crippen LogP contribution in [0.25, 0.3) is 0 Å². The van der Waals surface area contributed by atoms with Crippen LogP contribution in [0, 0.1) is 0 Å². The molecule has 3 rings (SSSR count). The van der Waals surface area contributed by atoms with E-state index in [2.05, 4.69) is 35.6 Å². The first-order valence-electron chi connectivity index (χ1n) is 5.57. The largest absolute Gasteiger partial charge is 0.376 e. The van der Waals surface area contributed by atoms with Crippen LogP contribution in [-0.2, 0) is 0 Å². The highest BCUT2D eigenvalue weighted by Gasteiger charge is 2.20. The van der Waals surface area contributed by atoms with E-state index in [0.29, 0.717) is 6.04 Å². The molecule has 0 saturated carbocycles. The molecule has 0 fully saturated rings. The summed E-state index contributed by atoms with van der Waals surface area (Å²) in [7, 11) is 0. The number of fused-ring (bicyclic) bond motifs is 1. The summed E-state index contributed by atoms with van der Waals surface area (Å²) < 4.78 is 0. The summed E-state index contributed by atoms with van der Waals surface area (Å²) in [5.74, 6) is 1.01. The van der Waals surface area contributed by atoms with Crippen molar-refractivity contribution in [2.24, 2.45) is 0 Å². The maximum atomic E-state index is 6.24. The third kappa shape index (κ3) is 2.15. The minimum Gasteiger partial charge on any atom is -0.376 e. The molecular weight excluding hydrogens is 250 g/mol. The maximum Gasteiger partial charge on any atom is 0.0622 e. The highest BCUT2D eigenvalue weighted by atomic mass is 35.5. The molecule has 17 heavy (non-hydrogen) atoms. The molecule has 1 heterocycles. The summed E-state index contributed by atoms with van der Waals surface area (Å²) in [5.41, 5.74) is 2.38. The van der Waals surface area contributed by atoms with E-state index in [1.165, 1.54) is 16.1 Å². The molecule has 0 amide bonds. The van der Waals surface area contributed by atoms with E-state index in [1.54, 1.807) is 0 Å². The van der Waals surface area contributed by atoms with E-state index < -0.39 is 0 Å². The van der Waals surface area contributed by atoms with Gasteiger partial charge in [0, 0.05) is 21.4 Å². The zero-order valence-electron chi connectivity index (χ0n) is 9.19. The smallest absolute Gasteiger partial charge is 0.0622 e. The molecule has 1 atom stereocenters. The zero-order valence-corrected chi connectivity index (χ0v) is 10.8. The van der Waals surface area contributed by atoms with E-state index in [9.17, 15) is 0 Å². The standard InChI is InChI=1S/C14H12ClNS/c15-11-6-2-1-5-10(11)13-9-17-14-8-4-3-7-12(14)16-13/h1-8,13,16H,9H2. The number of thioether (sulfide) groups is 1. The van der Waals surface area contributed by atoms with Gasteiger partial charge in [0.05, 0.1) is 6.04 Å². The third-order valence-corrected chi connectivity index (χ3v) is 4.41. The molecule has 0 radical (unpaired) electrons. The van der Waals surface area contributed by atoms with Crippen molar-refractivity contribution in [2.75, 3.05) is 11.1 Å². The van der Waals surface area contributed by atoms with Gasteiger partial charge in [0.1, 0.15) is 0 Å². The minimum absolute atomic E-state index is 0.295. The van der Waals surface area contributed by atoms with E-state index in [0.717, 1.165) is 10.8 Å². The molecule has 1 aliphatic rings. The molecule has 3 heteroatoms. The summed E-state index contributed by atoms with van der Waals surface area (Å²) in [6.45, 7) is 0. The number of hydrogen-bond acceptors (Lipinski definition) is 2. The molecule has 1 N–H and O–H groups in total. The summed E-state index contributed by atoms with van der Waals surface area (Å²) in [6, 6.07) is 16.7. The first kappa shape index (κ1) is 11.0. The number of anilines is 1. The fourth-order valence-electron chi connectivity index (χ4n) is 2.04. The average molecular weight is 262 g/mol. The van der Waals surface area contributed by atoms with Gasteiger partial charge >= 0.3 is 0 Å². The number of hydrogen-bond donors (Lipinski definition) is 1. The van der Waals surface area contributed by atoms with Gasteiger partial charge < -0.3 is 5.32 Å². The quantitative estimate of drug-likeness (QED) is 0.805. The molecule has 0 saturated heterocycles. The Hall–Kier alpha value is -1.12. The van der Waals surface area contributed by atoms with Crippen LogP contribution in [0.4, 0.5) is 5.69 Å². The van der Waals surface area contributed by atoms with E-state index in [4.69, 9.17) is 11.6 Å². The molecule has 0 aromatic heterocycles. The van der Waals surface area contributed by atoms with Gasteiger partial charge in [0.25, 0.3) is 0 Å². The number of halogens is 1. The predicted octanol–water partition coefficient (Wildman–Crippen LogP) is 4.60. The number of rotatable bonds is 1. The Balaban J connectivity index is 1.92. The van der Waals surface area contributed by atoms with Gasteiger partial charge in [-0.05, 0) is 23.8 Å². The molecule has 2 aromatic carbocycles. The Labute approximate surface area is 110 Å². The second-order valence-corrected chi connectivity index (χ2v) is 5.49. The number of nitrogens with one attached hydrogen (secondary N) is 1. The highest BCUT2D eigenvalue weighted by molar-refractivity contribution is 7.99. The van der Waals surface area contributed by atoms with Gasteiger partial charge in [-0.2, -0.15) is 0 Å². The van der Waals surface area contributed by atoms with Gasteiger partial charge in [-0.1, -0.05) is 41.9 Å². The van der Waals surface area contributed by atoms with Crippen molar-refractivity contribution in [1.82, 2.24) is 0 Å². The lowest BCUT2D eigenvalue weighted by Gasteiger charge is -2.27. The van der Waals surface area contributed by atoms with Crippen molar-refractivity contribution in [3.63, 3.8) is 0 Å². The Morgan fingerprint density at radius 2 is 1.82 bits per heavy atom. The zero-order chi connectivity index (χ0) is 11.7. The number of para-hydroxylation sites is 1. The van der Waals surface area contributed by atoms with E-state index in [1.807, 2.05) is 30.0 Å². The first-order valence-corrected chi connectivity index (χ1v) is 6.94. The average Bonchev–Trinajstić information content (AvgIpc) is 2.39. The molecule has 1 aliphatic heterocycles. The third-order valence-electron chi connectivity index (χ3n) is 2.90. The van der Waals surface area contributed by atoms with E-state index >= 15 is 0 Å². The van der Waals surface area contributed by atoms with Crippen molar-refractivity contribution in [3.8, 4) is 0 Å². The van der Waals surface area contributed by atoms with Crippen LogP contribution in [0.15, 0.2) is 53.4 Å². The lowest BCUT2D eigenvalue weighted by atomic mass is 10.1. The second kappa shape index (κ2) is 4.63. The van der Waals surface area contributed by atoms with Crippen LogP contribution in [0.3, 0.4) is 0 Å². The SMILES string of the molecule is Clc1ccccc1C1CSc2ccccc2N1. The van der Waals surface area contributed by atoms with Crippen molar-refractivity contribution in [1.29, 1.82) is 0 Å².